The van der Waals surface area contributed by atoms with E-state index in [9.17, 15) is 5.11 Å². The first-order chi connectivity index (χ1) is 9.77. The molecule has 0 bridgehead atoms. The van der Waals surface area contributed by atoms with Gasteiger partial charge >= 0.3 is 0 Å². The molecule has 0 radical (unpaired) electrons. The summed E-state index contributed by atoms with van der Waals surface area (Å²) in [6.45, 7) is 14.8. The Morgan fingerprint density at radius 1 is 1.38 bits per heavy atom. The second-order valence-electron chi connectivity index (χ2n) is 7.07. The van der Waals surface area contributed by atoms with Crippen molar-refractivity contribution in [2.45, 2.75) is 66.4 Å². The summed E-state index contributed by atoms with van der Waals surface area (Å²) in [5.41, 5.74) is 4.44. The molecule has 0 aromatic heterocycles. The van der Waals surface area contributed by atoms with E-state index in [1.807, 2.05) is 25.2 Å². The first-order valence-electron chi connectivity index (χ1n) is 8.12. The average molecular weight is 288 g/mol. The van der Waals surface area contributed by atoms with E-state index >= 15 is 0 Å². The van der Waals surface area contributed by atoms with Gasteiger partial charge in [-0.15, -0.1) is 6.58 Å². The molecule has 1 aliphatic rings. The number of hydrogen-bond donors (Lipinski definition) is 1. The zero-order valence-electron chi connectivity index (χ0n) is 14.4. The van der Waals surface area contributed by atoms with Gasteiger partial charge in [-0.1, -0.05) is 56.2 Å². The Hall–Kier alpha value is -1.08. The van der Waals surface area contributed by atoms with Crippen LogP contribution in [0.15, 0.2) is 47.6 Å². The molecule has 21 heavy (non-hydrogen) atoms. The molecule has 0 spiro atoms. The van der Waals surface area contributed by atoms with Gasteiger partial charge in [-0.3, -0.25) is 0 Å². The van der Waals surface area contributed by atoms with E-state index in [-0.39, 0.29) is 0 Å². The lowest BCUT2D eigenvalue weighted by atomic mass is 9.71. The predicted molar refractivity (Wildman–Crippen MR) is 93.2 cm³/mol. The van der Waals surface area contributed by atoms with Crippen LogP contribution in [0.25, 0.3) is 0 Å². The van der Waals surface area contributed by atoms with Gasteiger partial charge < -0.3 is 5.11 Å². The third-order valence-corrected chi connectivity index (χ3v) is 4.75. The number of hydrogen-bond acceptors (Lipinski definition) is 1. The molecule has 1 rings (SSSR count). The van der Waals surface area contributed by atoms with Crippen molar-refractivity contribution in [1.29, 1.82) is 0 Å². The lowest BCUT2D eigenvalue weighted by Gasteiger charge is -2.34. The molecule has 118 valence electrons. The van der Waals surface area contributed by atoms with Gasteiger partial charge in [0.2, 0.25) is 0 Å². The van der Waals surface area contributed by atoms with Crippen LogP contribution >= 0.6 is 0 Å². The molecule has 0 fully saturated rings. The average Bonchev–Trinajstić information content (AvgIpc) is 2.42. The highest BCUT2D eigenvalue weighted by molar-refractivity contribution is 5.27. The highest BCUT2D eigenvalue weighted by Crippen LogP contribution is 2.42. The molecule has 0 heterocycles. The molecule has 1 aliphatic carbocycles. The van der Waals surface area contributed by atoms with Crippen molar-refractivity contribution < 1.29 is 5.11 Å². The first kappa shape index (κ1) is 18.0. The molecule has 0 saturated carbocycles. The van der Waals surface area contributed by atoms with Gasteiger partial charge in [0.05, 0.1) is 6.10 Å². The molecular weight excluding hydrogens is 256 g/mol. The lowest BCUT2D eigenvalue weighted by molar-refractivity contribution is 0.258. The lowest BCUT2D eigenvalue weighted by Crippen LogP contribution is -2.20. The number of rotatable bonds is 6. The van der Waals surface area contributed by atoms with Crippen molar-refractivity contribution >= 4 is 0 Å². The third-order valence-electron chi connectivity index (χ3n) is 4.75. The zero-order valence-corrected chi connectivity index (χ0v) is 14.4. The quantitative estimate of drug-likeness (QED) is 0.632. The summed E-state index contributed by atoms with van der Waals surface area (Å²) in [7, 11) is 0. The Kier molecular flexibility index (Phi) is 6.67. The maximum atomic E-state index is 10.2. The highest BCUT2D eigenvalue weighted by Gasteiger charge is 2.27. The Bertz CT molecular complexity index is 448. The minimum absolute atomic E-state index is 0.301. The van der Waals surface area contributed by atoms with E-state index < -0.39 is 6.10 Å². The van der Waals surface area contributed by atoms with Crippen LogP contribution in [-0.2, 0) is 0 Å². The minimum atomic E-state index is -0.486. The summed E-state index contributed by atoms with van der Waals surface area (Å²) < 4.78 is 0. The van der Waals surface area contributed by atoms with E-state index in [0.717, 1.165) is 12.0 Å². The maximum absolute atomic E-state index is 10.2. The summed E-state index contributed by atoms with van der Waals surface area (Å²) in [6, 6.07) is 0. The molecular formula is C20H32O. The van der Waals surface area contributed by atoms with E-state index in [0.29, 0.717) is 11.3 Å². The molecule has 0 saturated heterocycles. The number of aliphatic hydroxyl groups excluding tert-OH is 1. The standard InChI is InChI=1S/C20H32O/c1-7-15(2)10-13-19(21)17(4)11-12-18-16(3)9-8-14-20(18,5)6/h7,10-11,13,15,19,21H,1,8-9,12,14H2,2-6H3/b13-10+,17-11?. The molecule has 1 nitrogen and oxygen atoms in total. The molecule has 0 aromatic rings. The summed E-state index contributed by atoms with van der Waals surface area (Å²) in [5, 5.41) is 10.2. The van der Waals surface area contributed by atoms with Crippen molar-refractivity contribution in [3.05, 3.63) is 47.6 Å². The molecule has 2 unspecified atom stereocenters. The van der Waals surface area contributed by atoms with E-state index in [2.05, 4.69) is 40.3 Å². The van der Waals surface area contributed by atoms with Gasteiger partial charge in [-0.2, -0.15) is 0 Å². The van der Waals surface area contributed by atoms with Crippen LogP contribution in [0.1, 0.15) is 60.3 Å². The fourth-order valence-corrected chi connectivity index (χ4v) is 3.02. The largest absolute Gasteiger partial charge is 0.385 e. The fraction of sp³-hybridized carbons (Fsp3) is 0.600. The smallest absolute Gasteiger partial charge is 0.0929 e. The second kappa shape index (κ2) is 7.79. The minimum Gasteiger partial charge on any atom is -0.385 e. The van der Waals surface area contributed by atoms with Crippen molar-refractivity contribution in [3.8, 4) is 0 Å². The van der Waals surface area contributed by atoms with Crippen molar-refractivity contribution in [1.82, 2.24) is 0 Å². The van der Waals surface area contributed by atoms with Gasteiger partial charge in [0.15, 0.2) is 0 Å². The van der Waals surface area contributed by atoms with Crippen LogP contribution in [0.3, 0.4) is 0 Å². The van der Waals surface area contributed by atoms with Crippen molar-refractivity contribution in [2.75, 3.05) is 0 Å². The van der Waals surface area contributed by atoms with Gasteiger partial charge in [0.1, 0.15) is 0 Å². The molecule has 1 N–H and O–H groups in total. The van der Waals surface area contributed by atoms with Crippen LogP contribution in [0.4, 0.5) is 0 Å². The van der Waals surface area contributed by atoms with Gasteiger partial charge in [-0.05, 0) is 56.4 Å². The van der Waals surface area contributed by atoms with Crippen molar-refractivity contribution in [2.24, 2.45) is 11.3 Å². The summed E-state index contributed by atoms with van der Waals surface area (Å²) in [4.78, 5) is 0. The van der Waals surface area contributed by atoms with E-state index in [1.165, 1.54) is 19.3 Å². The molecule has 2 atom stereocenters. The molecule has 0 aliphatic heterocycles. The van der Waals surface area contributed by atoms with E-state index in [4.69, 9.17) is 0 Å². The van der Waals surface area contributed by atoms with Gasteiger partial charge in [0.25, 0.3) is 0 Å². The Morgan fingerprint density at radius 3 is 2.62 bits per heavy atom. The molecule has 1 heteroatoms. The van der Waals surface area contributed by atoms with Crippen LogP contribution < -0.4 is 0 Å². The first-order valence-corrected chi connectivity index (χ1v) is 8.12. The van der Waals surface area contributed by atoms with Crippen LogP contribution in [0.2, 0.25) is 0 Å². The zero-order chi connectivity index (χ0) is 16.0. The van der Waals surface area contributed by atoms with Gasteiger partial charge in [-0.25, -0.2) is 0 Å². The highest BCUT2D eigenvalue weighted by atomic mass is 16.3. The van der Waals surface area contributed by atoms with Crippen LogP contribution in [-0.4, -0.2) is 11.2 Å². The SMILES string of the molecule is C=CC(C)/C=C/C(O)C(C)=CCC1=C(C)CCCC1(C)C. The fourth-order valence-electron chi connectivity index (χ4n) is 3.02. The van der Waals surface area contributed by atoms with Crippen molar-refractivity contribution in [3.63, 3.8) is 0 Å². The Labute approximate surface area is 131 Å². The number of allylic oxidation sites excluding steroid dienone is 5. The Balaban J connectivity index is 2.75. The van der Waals surface area contributed by atoms with Gasteiger partial charge in [0, 0.05) is 0 Å². The monoisotopic (exact) mass is 288 g/mol. The molecule has 0 amide bonds. The Morgan fingerprint density at radius 2 is 2.05 bits per heavy atom. The predicted octanol–water partition coefficient (Wildman–Crippen LogP) is 5.59. The summed E-state index contributed by atoms with van der Waals surface area (Å²) in [5.74, 6) is 0.301. The summed E-state index contributed by atoms with van der Waals surface area (Å²) >= 11 is 0. The second-order valence-corrected chi connectivity index (χ2v) is 7.07. The van der Waals surface area contributed by atoms with E-state index in [1.54, 1.807) is 11.1 Å². The third kappa shape index (κ3) is 5.32. The summed E-state index contributed by atoms with van der Waals surface area (Å²) in [6.07, 6.45) is 12.2. The van der Waals surface area contributed by atoms with Crippen LogP contribution in [0, 0.1) is 11.3 Å². The normalized spacial score (nSPS) is 22.5. The van der Waals surface area contributed by atoms with Crippen LogP contribution in [0.5, 0.6) is 0 Å². The number of aliphatic hydroxyl groups is 1. The maximum Gasteiger partial charge on any atom is 0.0929 e. The molecule has 0 aromatic carbocycles. The topological polar surface area (TPSA) is 20.2 Å².